The van der Waals surface area contributed by atoms with E-state index in [-0.39, 0.29) is 5.92 Å². The van der Waals surface area contributed by atoms with E-state index in [1.807, 2.05) is 12.1 Å². The van der Waals surface area contributed by atoms with Crippen molar-refractivity contribution in [2.45, 2.75) is 16.7 Å². The first kappa shape index (κ1) is 9.04. The summed E-state index contributed by atoms with van der Waals surface area (Å²) in [6.07, 6.45) is 1.63. The highest BCUT2D eigenvalue weighted by Gasteiger charge is 2.52. The molecule has 0 radical (unpaired) electrons. The highest BCUT2D eigenvalue weighted by molar-refractivity contribution is 6.51. The van der Waals surface area contributed by atoms with E-state index in [1.54, 1.807) is 12.1 Å². The third kappa shape index (κ3) is 1.72. The zero-order valence-corrected chi connectivity index (χ0v) is 8.35. The van der Waals surface area contributed by atoms with E-state index in [2.05, 4.69) is 0 Å². The van der Waals surface area contributed by atoms with Crippen molar-refractivity contribution >= 4 is 29.5 Å². The Kier molecular flexibility index (Phi) is 2.09. The third-order valence-corrected chi connectivity index (χ3v) is 3.14. The topological polar surface area (TPSA) is 17.1 Å². The lowest BCUT2D eigenvalue weighted by Crippen LogP contribution is -1.90. The number of rotatable bonds is 2. The molecule has 0 amide bonds. The zero-order valence-electron chi connectivity index (χ0n) is 6.84. The van der Waals surface area contributed by atoms with Gasteiger partial charge in [-0.1, -0.05) is 24.3 Å². The molecule has 2 rings (SSSR count). The van der Waals surface area contributed by atoms with Crippen molar-refractivity contribution < 1.29 is 4.79 Å². The molecule has 1 nitrogen and oxygen atoms in total. The van der Waals surface area contributed by atoms with Gasteiger partial charge in [-0.15, -0.1) is 23.2 Å². The van der Waals surface area contributed by atoms with Crippen molar-refractivity contribution in [1.29, 1.82) is 0 Å². The van der Waals surface area contributed by atoms with Crippen LogP contribution in [0.15, 0.2) is 24.3 Å². The molecule has 1 aromatic carbocycles. The van der Waals surface area contributed by atoms with Crippen LogP contribution in [0.25, 0.3) is 0 Å². The molecule has 0 saturated heterocycles. The number of aldehydes is 1. The standard InChI is InChI=1S/C10H8Cl2O/c11-10(12)5-9(10)8-3-1-7(6-13)2-4-8/h1-4,6,9H,5H2. The number of hydrogen-bond donors (Lipinski definition) is 0. The summed E-state index contributed by atoms with van der Waals surface area (Å²) in [5.74, 6) is 0.233. The first-order valence-electron chi connectivity index (χ1n) is 4.06. The lowest BCUT2D eigenvalue weighted by Gasteiger charge is -2.00. The van der Waals surface area contributed by atoms with Crippen LogP contribution in [-0.4, -0.2) is 10.6 Å². The molecule has 1 saturated carbocycles. The maximum absolute atomic E-state index is 10.4. The second kappa shape index (κ2) is 3.00. The second-order valence-electron chi connectivity index (χ2n) is 3.30. The van der Waals surface area contributed by atoms with Gasteiger partial charge in [0, 0.05) is 11.5 Å². The Morgan fingerprint density at radius 2 is 1.85 bits per heavy atom. The smallest absolute Gasteiger partial charge is 0.150 e. The summed E-state index contributed by atoms with van der Waals surface area (Å²) in [7, 11) is 0. The van der Waals surface area contributed by atoms with Gasteiger partial charge in [-0.25, -0.2) is 0 Å². The Morgan fingerprint density at radius 1 is 1.31 bits per heavy atom. The first-order valence-corrected chi connectivity index (χ1v) is 4.82. The monoisotopic (exact) mass is 214 g/mol. The molecular weight excluding hydrogens is 207 g/mol. The first-order chi connectivity index (χ1) is 6.13. The average Bonchev–Trinajstić information content (AvgIpc) is 2.76. The Hall–Kier alpha value is -0.530. The quantitative estimate of drug-likeness (QED) is 0.547. The van der Waals surface area contributed by atoms with Crippen LogP contribution in [0, 0.1) is 0 Å². The zero-order chi connectivity index (χ0) is 9.47. The van der Waals surface area contributed by atoms with E-state index in [0.29, 0.717) is 5.56 Å². The Morgan fingerprint density at radius 3 is 2.23 bits per heavy atom. The lowest BCUT2D eigenvalue weighted by atomic mass is 10.1. The van der Waals surface area contributed by atoms with Gasteiger partial charge in [0.2, 0.25) is 0 Å². The van der Waals surface area contributed by atoms with Crippen molar-refractivity contribution in [2.75, 3.05) is 0 Å². The predicted molar refractivity (Wildman–Crippen MR) is 53.6 cm³/mol. The van der Waals surface area contributed by atoms with Crippen LogP contribution in [-0.2, 0) is 0 Å². The van der Waals surface area contributed by atoms with Crippen LogP contribution in [0.1, 0.15) is 28.3 Å². The molecule has 1 atom stereocenters. The Balaban J connectivity index is 2.20. The van der Waals surface area contributed by atoms with Crippen LogP contribution in [0.3, 0.4) is 0 Å². The van der Waals surface area contributed by atoms with Gasteiger partial charge in [-0.3, -0.25) is 4.79 Å². The minimum absolute atomic E-state index is 0.233. The van der Waals surface area contributed by atoms with Crippen LogP contribution >= 0.6 is 23.2 Å². The number of halogens is 2. The van der Waals surface area contributed by atoms with Gasteiger partial charge < -0.3 is 0 Å². The van der Waals surface area contributed by atoms with E-state index >= 15 is 0 Å². The summed E-state index contributed by atoms with van der Waals surface area (Å²) < 4.78 is -0.581. The molecule has 0 heterocycles. The summed E-state index contributed by atoms with van der Waals surface area (Å²) in [5, 5.41) is 0. The highest BCUT2D eigenvalue weighted by atomic mass is 35.5. The molecule has 1 aliphatic carbocycles. The van der Waals surface area contributed by atoms with E-state index in [9.17, 15) is 4.79 Å². The van der Waals surface area contributed by atoms with Crippen LogP contribution in [0.2, 0.25) is 0 Å². The number of benzene rings is 1. The molecule has 1 unspecified atom stereocenters. The normalized spacial score (nSPS) is 24.0. The van der Waals surface area contributed by atoms with Gasteiger partial charge in [0.25, 0.3) is 0 Å². The van der Waals surface area contributed by atoms with E-state index in [1.165, 1.54) is 0 Å². The number of alkyl halides is 2. The van der Waals surface area contributed by atoms with Crippen LogP contribution < -0.4 is 0 Å². The molecule has 13 heavy (non-hydrogen) atoms. The highest BCUT2D eigenvalue weighted by Crippen LogP contribution is 2.59. The molecule has 68 valence electrons. The molecule has 0 aliphatic heterocycles. The van der Waals surface area contributed by atoms with Crippen molar-refractivity contribution in [3.63, 3.8) is 0 Å². The summed E-state index contributed by atoms with van der Waals surface area (Å²) in [6, 6.07) is 7.37. The minimum Gasteiger partial charge on any atom is -0.298 e. The maximum Gasteiger partial charge on any atom is 0.150 e. The molecule has 3 heteroatoms. The number of carbonyl (C=O) groups is 1. The van der Waals surface area contributed by atoms with Crippen LogP contribution in [0.5, 0.6) is 0 Å². The minimum atomic E-state index is -0.581. The molecule has 0 spiro atoms. The molecular formula is C10H8Cl2O. The number of carbonyl (C=O) groups excluding carboxylic acids is 1. The second-order valence-corrected chi connectivity index (χ2v) is 4.84. The van der Waals surface area contributed by atoms with Crippen molar-refractivity contribution in [3.05, 3.63) is 35.4 Å². The van der Waals surface area contributed by atoms with Gasteiger partial charge in [-0.2, -0.15) is 0 Å². The van der Waals surface area contributed by atoms with E-state index in [0.717, 1.165) is 18.3 Å². The lowest BCUT2D eigenvalue weighted by molar-refractivity contribution is 0.112. The van der Waals surface area contributed by atoms with Gasteiger partial charge >= 0.3 is 0 Å². The molecule has 0 bridgehead atoms. The summed E-state index contributed by atoms with van der Waals surface area (Å²) in [4.78, 5) is 10.4. The van der Waals surface area contributed by atoms with Crippen molar-refractivity contribution in [1.82, 2.24) is 0 Å². The van der Waals surface area contributed by atoms with Gasteiger partial charge in [-0.05, 0) is 12.0 Å². The van der Waals surface area contributed by atoms with Crippen molar-refractivity contribution in [3.8, 4) is 0 Å². The predicted octanol–water partition coefficient (Wildman–Crippen LogP) is 3.16. The van der Waals surface area contributed by atoms with Crippen molar-refractivity contribution in [2.24, 2.45) is 0 Å². The average molecular weight is 215 g/mol. The molecule has 0 N–H and O–H groups in total. The van der Waals surface area contributed by atoms with Crippen LogP contribution in [0.4, 0.5) is 0 Å². The maximum atomic E-state index is 10.4. The van der Waals surface area contributed by atoms with Gasteiger partial charge in [0.1, 0.15) is 10.6 Å². The molecule has 1 aromatic rings. The molecule has 1 fully saturated rings. The SMILES string of the molecule is O=Cc1ccc(C2CC2(Cl)Cl)cc1. The summed E-state index contributed by atoms with van der Waals surface area (Å²) in [5.41, 5.74) is 1.79. The van der Waals surface area contributed by atoms with Gasteiger partial charge in [0.15, 0.2) is 0 Å². The third-order valence-electron chi connectivity index (χ3n) is 2.30. The molecule has 1 aliphatic rings. The van der Waals surface area contributed by atoms with Gasteiger partial charge in [0.05, 0.1) is 0 Å². The summed E-state index contributed by atoms with van der Waals surface area (Å²) in [6.45, 7) is 0. The Bertz CT molecular complexity index is 329. The van der Waals surface area contributed by atoms with E-state index < -0.39 is 4.33 Å². The fourth-order valence-electron chi connectivity index (χ4n) is 1.38. The number of hydrogen-bond acceptors (Lipinski definition) is 1. The summed E-state index contributed by atoms with van der Waals surface area (Å²) >= 11 is 11.8. The van der Waals surface area contributed by atoms with E-state index in [4.69, 9.17) is 23.2 Å². The fraction of sp³-hybridized carbons (Fsp3) is 0.300. The molecule has 0 aromatic heterocycles. The largest absolute Gasteiger partial charge is 0.298 e. The Labute approximate surface area is 86.7 Å². The fourth-order valence-corrected chi connectivity index (χ4v) is 1.94.